The zero-order chi connectivity index (χ0) is 75.0. The van der Waals surface area contributed by atoms with E-state index in [9.17, 15) is 0 Å². The van der Waals surface area contributed by atoms with Crippen molar-refractivity contribution in [2.45, 2.75) is 0 Å². The van der Waals surface area contributed by atoms with Gasteiger partial charge in [0.1, 0.15) is 11.2 Å². The molecule has 0 fully saturated rings. The summed E-state index contributed by atoms with van der Waals surface area (Å²) in [6, 6.07) is 139. The van der Waals surface area contributed by atoms with E-state index >= 15 is 0 Å². The van der Waals surface area contributed by atoms with Crippen LogP contribution >= 0.6 is 0 Å². The van der Waals surface area contributed by atoms with Gasteiger partial charge in [0, 0.05) is 93.2 Å². The summed E-state index contributed by atoms with van der Waals surface area (Å²) in [6.45, 7) is 0. The molecule has 9 nitrogen and oxygen atoms in total. The summed E-state index contributed by atoms with van der Waals surface area (Å²) in [6.07, 6.45) is 0. The van der Waals surface area contributed by atoms with Crippen LogP contribution in [0.5, 0.6) is 0 Å². The Balaban J connectivity index is 0.000000147. The second-order valence-electron chi connectivity index (χ2n) is 28.0. The third kappa shape index (κ3) is 13.1. The zero-order valence-corrected chi connectivity index (χ0v) is 61.1. The number of pyridine rings is 2. The monoisotopic (exact) mass is 1440 g/mol. The highest BCUT2D eigenvalue weighted by Gasteiger charge is 2.22. The van der Waals surface area contributed by atoms with E-state index in [2.05, 4.69) is 297 Å². The first-order valence-corrected chi connectivity index (χ1v) is 37.9. The van der Waals surface area contributed by atoms with Crippen LogP contribution in [0.1, 0.15) is 0 Å². The quantitative estimate of drug-likeness (QED) is 0.104. The summed E-state index contributed by atoms with van der Waals surface area (Å²) in [4.78, 5) is 40.7. The summed E-state index contributed by atoms with van der Waals surface area (Å²) in [5.41, 5.74) is 24.4. The highest BCUT2D eigenvalue weighted by atomic mass is 16.3. The van der Waals surface area contributed by atoms with Crippen LogP contribution in [-0.4, -0.2) is 39.9 Å². The molecule has 0 spiro atoms. The van der Waals surface area contributed by atoms with Crippen LogP contribution in [0.3, 0.4) is 0 Å². The van der Waals surface area contributed by atoms with Crippen molar-refractivity contribution >= 4 is 65.3 Å². The fourth-order valence-electron chi connectivity index (χ4n) is 15.5. The second kappa shape index (κ2) is 29.3. The second-order valence-corrected chi connectivity index (χ2v) is 28.0. The van der Waals surface area contributed by atoms with Crippen molar-refractivity contribution in [3.63, 3.8) is 0 Å². The maximum absolute atomic E-state index is 6.35. The molecule has 0 atom stereocenters. The molecule has 0 N–H and O–H groups in total. The first kappa shape index (κ1) is 67.1. The fraction of sp³-hybridized carbons (Fsp3) is 0. The lowest BCUT2D eigenvalue weighted by molar-refractivity contribution is 0.670. The first-order chi connectivity index (χ1) is 56.0. The van der Waals surface area contributed by atoms with Crippen molar-refractivity contribution in [1.29, 1.82) is 0 Å². The average Bonchev–Trinajstić information content (AvgIpc) is 1.38. The van der Waals surface area contributed by atoms with Gasteiger partial charge in [0.15, 0.2) is 34.9 Å². The smallest absolute Gasteiger partial charge is 0.164 e. The SMILES string of the molecule is c1ccc(-c2cc(-c3ccccc3)cc(-c3nc(-c4ccccc4)nc(-c4ccc(-c5cccc6c(-c7ccccc7)nc7ccccc7c56)cc4)n3)c2)cc1.c1ccc(-c2nc(-c3ccc(-c4cccc5c4oc4ccccc45)cc3)nc(-c3ccc(-c4cccc5c(-c6ccccc6)nc6ccccc6c45)cc3)n2)cc1. The number of fused-ring (bicyclic) bond motifs is 9. The van der Waals surface area contributed by atoms with E-state index in [4.69, 9.17) is 44.3 Å². The Kier molecular flexibility index (Phi) is 17.4. The molecule has 21 aromatic rings. The van der Waals surface area contributed by atoms with Gasteiger partial charge >= 0.3 is 0 Å². The molecule has 0 bridgehead atoms. The Bertz CT molecular complexity index is 7050. The van der Waals surface area contributed by atoms with Crippen LogP contribution in [-0.2, 0) is 0 Å². The number of hydrogen-bond acceptors (Lipinski definition) is 9. The van der Waals surface area contributed by atoms with Gasteiger partial charge in [0.05, 0.1) is 22.4 Å². The summed E-state index contributed by atoms with van der Waals surface area (Å²) in [5, 5.41) is 9.09. The highest BCUT2D eigenvalue weighted by molar-refractivity contribution is 6.19. The maximum atomic E-state index is 6.35. The van der Waals surface area contributed by atoms with Crippen LogP contribution in [0.15, 0.2) is 405 Å². The molecule has 0 aliphatic carbocycles. The van der Waals surface area contributed by atoms with E-state index in [0.717, 1.165) is 166 Å². The molecule has 0 aliphatic rings. The molecular weight excluding hydrogens is 1380 g/mol. The Morgan fingerprint density at radius 3 is 0.832 bits per heavy atom. The van der Waals surface area contributed by atoms with Gasteiger partial charge in [-0.3, -0.25) is 0 Å². The van der Waals surface area contributed by atoms with Crippen molar-refractivity contribution in [3.05, 3.63) is 400 Å². The van der Waals surface area contributed by atoms with Crippen LogP contribution in [0.25, 0.3) is 212 Å². The minimum Gasteiger partial charge on any atom is -0.455 e. The fourth-order valence-corrected chi connectivity index (χ4v) is 15.5. The highest BCUT2D eigenvalue weighted by Crippen LogP contribution is 2.44. The molecule has 16 aromatic carbocycles. The standard InChI is InChI=1S/C52H32N4O.C52H34N4/c1-3-13-35(14-4-1)48-44-22-11-19-39(47(44)43-18-7-9-23-45(43)53-48)33-25-29-37(30-26-33)51-54-50(36-15-5-2-6-16-36)55-52(56-51)38-31-27-34(28-32-38)40-20-12-21-42-41-17-8-10-24-46(41)57-49(40)42;1-5-16-35(17-6-1)41-32-42(36-18-7-2-8-19-36)34-43(33-41)52-55-50(39-22-11-4-12-23-39)54-51(56-52)40-30-28-37(29-31-40)44-25-15-26-46-48(44)45-24-13-14-27-47(45)53-49(46)38-20-9-3-10-21-38/h1-32H;1-34H. The summed E-state index contributed by atoms with van der Waals surface area (Å²) in [7, 11) is 0. The third-order valence-corrected chi connectivity index (χ3v) is 21.1. The van der Waals surface area contributed by atoms with E-state index in [1.54, 1.807) is 0 Å². The van der Waals surface area contributed by atoms with Crippen LogP contribution in [0.4, 0.5) is 0 Å². The van der Waals surface area contributed by atoms with Gasteiger partial charge in [-0.25, -0.2) is 39.9 Å². The topological polar surface area (TPSA) is 116 Å². The number of rotatable bonds is 13. The molecule has 0 radical (unpaired) electrons. The Morgan fingerprint density at radius 2 is 0.434 bits per heavy atom. The van der Waals surface area contributed by atoms with E-state index in [1.165, 1.54) is 10.8 Å². The largest absolute Gasteiger partial charge is 0.455 e. The van der Waals surface area contributed by atoms with E-state index in [-0.39, 0.29) is 0 Å². The summed E-state index contributed by atoms with van der Waals surface area (Å²) < 4.78 is 6.35. The minimum atomic E-state index is 0.609. The molecule has 0 saturated heterocycles. The normalized spacial score (nSPS) is 11.4. The number of aromatic nitrogens is 8. The predicted molar refractivity (Wildman–Crippen MR) is 463 cm³/mol. The molecular formula is C104H66N8O. The molecule has 5 heterocycles. The molecule has 5 aromatic heterocycles. The lowest BCUT2D eigenvalue weighted by Crippen LogP contribution is -2.00. The van der Waals surface area contributed by atoms with Crippen molar-refractivity contribution in [2.24, 2.45) is 0 Å². The van der Waals surface area contributed by atoms with Crippen molar-refractivity contribution < 1.29 is 4.42 Å². The van der Waals surface area contributed by atoms with Crippen LogP contribution < -0.4 is 0 Å². The Hall–Kier alpha value is -15.3. The molecule has 0 aliphatic heterocycles. The molecule has 113 heavy (non-hydrogen) atoms. The van der Waals surface area contributed by atoms with Gasteiger partial charge in [0.2, 0.25) is 0 Å². The lowest BCUT2D eigenvalue weighted by atomic mass is 9.92. The Labute approximate surface area is 652 Å². The van der Waals surface area contributed by atoms with E-state index < -0.39 is 0 Å². The maximum Gasteiger partial charge on any atom is 0.164 e. The number of furan rings is 1. The van der Waals surface area contributed by atoms with Crippen molar-refractivity contribution in [2.75, 3.05) is 0 Å². The van der Waals surface area contributed by atoms with Crippen molar-refractivity contribution in [1.82, 2.24) is 39.9 Å². The number of benzene rings is 16. The van der Waals surface area contributed by atoms with E-state index in [0.29, 0.717) is 34.9 Å². The van der Waals surface area contributed by atoms with Gasteiger partial charge in [-0.1, -0.05) is 364 Å². The number of hydrogen-bond donors (Lipinski definition) is 0. The van der Waals surface area contributed by atoms with Gasteiger partial charge in [-0.2, -0.15) is 0 Å². The summed E-state index contributed by atoms with van der Waals surface area (Å²) >= 11 is 0. The minimum absolute atomic E-state index is 0.609. The van der Waals surface area contributed by atoms with Gasteiger partial charge < -0.3 is 4.42 Å². The average molecular weight is 1440 g/mol. The first-order valence-electron chi connectivity index (χ1n) is 37.9. The molecule has 0 amide bonds. The van der Waals surface area contributed by atoms with Crippen LogP contribution in [0, 0.1) is 0 Å². The van der Waals surface area contributed by atoms with Crippen molar-refractivity contribution in [3.8, 4) is 146 Å². The zero-order valence-electron chi connectivity index (χ0n) is 61.1. The van der Waals surface area contributed by atoms with Crippen LogP contribution in [0.2, 0.25) is 0 Å². The Morgan fingerprint density at radius 1 is 0.159 bits per heavy atom. The molecule has 0 saturated carbocycles. The molecule has 9 heteroatoms. The van der Waals surface area contributed by atoms with Gasteiger partial charge in [-0.05, 0) is 86.5 Å². The van der Waals surface area contributed by atoms with E-state index in [1.807, 2.05) is 103 Å². The van der Waals surface area contributed by atoms with Gasteiger partial charge in [-0.15, -0.1) is 0 Å². The molecule has 0 unspecified atom stereocenters. The number of nitrogens with zero attached hydrogens (tertiary/aromatic N) is 8. The third-order valence-electron chi connectivity index (χ3n) is 21.1. The molecule has 21 rings (SSSR count). The number of para-hydroxylation sites is 4. The lowest BCUT2D eigenvalue weighted by Gasteiger charge is -2.15. The predicted octanol–water partition coefficient (Wildman–Crippen LogP) is 26.7. The summed E-state index contributed by atoms with van der Waals surface area (Å²) in [5.74, 6) is 3.71. The molecule has 528 valence electrons. The van der Waals surface area contributed by atoms with Gasteiger partial charge in [0.25, 0.3) is 0 Å².